The summed E-state index contributed by atoms with van der Waals surface area (Å²) in [5.41, 5.74) is 1.51. The highest BCUT2D eigenvalue weighted by Gasteiger charge is 2.35. The second kappa shape index (κ2) is 7.00. The molecule has 1 unspecified atom stereocenters. The maximum absolute atomic E-state index is 12.9. The number of anilines is 1. The highest BCUT2D eigenvalue weighted by Crippen LogP contribution is 2.28. The predicted octanol–water partition coefficient (Wildman–Crippen LogP) is 3.47. The summed E-state index contributed by atoms with van der Waals surface area (Å²) in [5, 5.41) is 0.851. The van der Waals surface area contributed by atoms with Crippen molar-refractivity contribution < 1.29 is 18.0 Å². The van der Waals surface area contributed by atoms with Gasteiger partial charge in [0.2, 0.25) is 5.91 Å². The molecule has 1 aliphatic rings. The minimum absolute atomic E-state index is 0.145. The molecule has 1 aliphatic heterocycles. The van der Waals surface area contributed by atoms with E-state index < -0.39 is 18.6 Å². The number of carbonyl (C=O) groups excluding carboxylic acids is 1. The Morgan fingerprint density at radius 1 is 1.32 bits per heavy atom. The third-order valence-corrected chi connectivity index (χ3v) is 4.57. The van der Waals surface area contributed by atoms with Crippen molar-refractivity contribution in [1.29, 1.82) is 0 Å². The summed E-state index contributed by atoms with van der Waals surface area (Å²) in [7, 11) is 1.67. The fraction of sp³-hybridized carbons (Fsp3) is 0.444. The fourth-order valence-corrected chi connectivity index (χ4v) is 3.43. The topological polar surface area (TPSA) is 36.4 Å². The zero-order chi connectivity index (χ0) is 18.0. The van der Waals surface area contributed by atoms with Crippen molar-refractivity contribution in [2.24, 2.45) is 5.92 Å². The quantitative estimate of drug-likeness (QED) is 0.850. The van der Waals surface area contributed by atoms with Crippen LogP contribution in [0.5, 0.6) is 0 Å². The van der Waals surface area contributed by atoms with Gasteiger partial charge in [0.25, 0.3) is 0 Å². The Morgan fingerprint density at radius 3 is 2.88 bits per heavy atom. The lowest BCUT2D eigenvalue weighted by molar-refractivity contribution is -0.151. The van der Waals surface area contributed by atoms with Crippen LogP contribution in [0.1, 0.15) is 12.8 Å². The van der Waals surface area contributed by atoms with Gasteiger partial charge in [0.15, 0.2) is 0 Å². The first kappa shape index (κ1) is 17.7. The van der Waals surface area contributed by atoms with E-state index in [4.69, 9.17) is 0 Å². The van der Waals surface area contributed by atoms with Crippen LogP contribution in [0.15, 0.2) is 36.5 Å². The Bertz CT molecular complexity index is 757. The fourth-order valence-electron chi connectivity index (χ4n) is 3.43. The number of benzene rings is 1. The molecule has 7 heteroatoms. The number of alkyl halides is 3. The van der Waals surface area contributed by atoms with E-state index in [1.807, 2.05) is 24.3 Å². The van der Waals surface area contributed by atoms with Crippen LogP contribution in [0.4, 0.5) is 18.9 Å². The number of amides is 1. The minimum Gasteiger partial charge on any atom is -0.315 e. The molecular formula is C18H20F3N3O. The first-order valence-corrected chi connectivity index (χ1v) is 8.25. The molecule has 0 bridgehead atoms. The highest BCUT2D eigenvalue weighted by molar-refractivity contribution is 6.03. The van der Waals surface area contributed by atoms with E-state index in [2.05, 4.69) is 4.98 Å². The molecule has 1 aromatic carbocycles. The number of nitrogens with zero attached hydrogens (tertiary/aromatic N) is 3. The summed E-state index contributed by atoms with van der Waals surface area (Å²) in [6.45, 7) is -0.435. The number of fused-ring (bicyclic) bond motifs is 1. The zero-order valence-corrected chi connectivity index (χ0v) is 14.0. The number of carbonyl (C=O) groups is 1. The number of piperidine rings is 1. The molecule has 2 aromatic rings. The minimum atomic E-state index is -4.24. The van der Waals surface area contributed by atoms with Gasteiger partial charge in [-0.3, -0.25) is 14.7 Å². The van der Waals surface area contributed by atoms with Crippen molar-refractivity contribution in [2.45, 2.75) is 19.0 Å². The zero-order valence-electron chi connectivity index (χ0n) is 14.0. The molecule has 1 saturated heterocycles. The molecule has 0 aliphatic carbocycles. The SMILES string of the molecule is CN(C(=O)C1CCCN(CC(F)(F)F)C1)c1cccc2ncccc12. The number of rotatable bonds is 3. The second-order valence-corrected chi connectivity index (χ2v) is 6.43. The molecule has 1 fully saturated rings. The van der Waals surface area contributed by atoms with Gasteiger partial charge in [0.1, 0.15) is 0 Å². The van der Waals surface area contributed by atoms with Crippen molar-refractivity contribution in [3.05, 3.63) is 36.5 Å². The summed E-state index contributed by atoms with van der Waals surface area (Å²) in [6.07, 6.45) is -1.35. The number of hydrogen-bond acceptors (Lipinski definition) is 3. The molecule has 0 spiro atoms. The molecule has 0 N–H and O–H groups in total. The summed E-state index contributed by atoms with van der Waals surface area (Å²) >= 11 is 0. The van der Waals surface area contributed by atoms with Crippen molar-refractivity contribution in [2.75, 3.05) is 31.6 Å². The lowest BCUT2D eigenvalue weighted by atomic mass is 9.96. The second-order valence-electron chi connectivity index (χ2n) is 6.43. The molecule has 3 rings (SSSR count). The van der Waals surface area contributed by atoms with Gasteiger partial charge in [-0.1, -0.05) is 6.07 Å². The molecule has 2 heterocycles. The van der Waals surface area contributed by atoms with Crippen LogP contribution in [0.3, 0.4) is 0 Å². The third-order valence-electron chi connectivity index (χ3n) is 4.57. The Balaban J connectivity index is 1.77. The maximum atomic E-state index is 12.9. The van der Waals surface area contributed by atoms with Gasteiger partial charge in [0.05, 0.1) is 23.7 Å². The summed E-state index contributed by atoms with van der Waals surface area (Å²) in [6, 6.07) is 9.21. The molecule has 134 valence electrons. The molecule has 0 saturated carbocycles. The highest BCUT2D eigenvalue weighted by atomic mass is 19.4. The van der Waals surface area contributed by atoms with Crippen molar-refractivity contribution >= 4 is 22.5 Å². The lowest BCUT2D eigenvalue weighted by Gasteiger charge is -2.34. The summed E-state index contributed by atoms with van der Waals surface area (Å²) in [4.78, 5) is 20.0. The van der Waals surface area contributed by atoms with E-state index in [1.54, 1.807) is 24.2 Å². The monoisotopic (exact) mass is 351 g/mol. The number of hydrogen-bond donors (Lipinski definition) is 0. The number of likely N-dealkylation sites (tertiary alicyclic amines) is 1. The lowest BCUT2D eigenvalue weighted by Crippen LogP contribution is -2.46. The van der Waals surface area contributed by atoms with Gasteiger partial charge < -0.3 is 4.90 Å². The standard InChI is InChI=1S/C18H20F3N3O/c1-23(16-8-2-7-15-14(16)6-3-9-22-15)17(25)13-5-4-10-24(11-13)12-18(19,20)21/h2-3,6-9,13H,4-5,10-12H2,1H3. The van der Waals surface area contributed by atoms with Gasteiger partial charge >= 0.3 is 6.18 Å². The van der Waals surface area contributed by atoms with Crippen molar-refractivity contribution in [3.8, 4) is 0 Å². The average Bonchev–Trinajstić information content (AvgIpc) is 2.59. The van der Waals surface area contributed by atoms with E-state index in [9.17, 15) is 18.0 Å². The van der Waals surface area contributed by atoms with Gasteiger partial charge in [0, 0.05) is 25.2 Å². The smallest absolute Gasteiger partial charge is 0.315 e. The number of halogens is 3. The molecule has 0 radical (unpaired) electrons. The number of pyridine rings is 1. The van der Waals surface area contributed by atoms with Gasteiger partial charge in [-0.2, -0.15) is 13.2 Å². The van der Waals surface area contributed by atoms with Gasteiger partial charge in [-0.05, 0) is 43.7 Å². The van der Waals surface area contributed by atoms with Crippen LogP contribution in [-0.4, -0.2) is 48.6 Å². The molecule has 1 aromatic heterocycles. The Morgan fingerprint density at radius 2 is 2.12 bits per heavy atom. The van der Waals surface area contributed by atoms with Crippen molar-refractivity contribution in [3.63, 3.8) is 0 Å². The Kier molecular flexibility index (Phi) is 4.94. The normalized spacial score (nSPS) is 19.1. The van der Waals surface area contributed by atoms with E-state index in [-0.39, 0.29) is 12.5 Å². The summed E-state index contributed by atoms with van der Waals surface area (Å²) in [5.74, 6) is -0.573. The van der Waals surface area contributed by atoms with E-state index in [1.165, 1.54) is 4.90 Å². The van der Waals surface area contributed by atoms with E-state index in [0.717, 1.165) is 16.6 Å². The van der Waals surface area contributed by atoms with E-state index in [0.29, 0.717) is 19.4 Å². The Labute approximate surface area is 144 Å². The maximum Gasteiger partial charge on any atom is 0.401 e. The first-order chi connectivity index (χ1) is 11.8. The average molecular weight is 351 g/mol. The Hall–Kier alpha value is -2.15. The van der Waals surface area contributed by atoms with Crippen LogP contribution in [0, 0.1) is 5.92 Å². The molecular weight excluding hydrogens is 331 g/mol. The molecule has 1 atom stereocenters. The van der Waals surface area contributed by atoms with Crippen LogP contribution in [-0.2, 0) is 4.79 Å². The molecule has 25 heavy (non-hydrogen) atoms. The van der Waals surface area contributed by atoms with E-state index >= 15 is 0 Å². The van der Waals surface area contributed by atoms with Crippen molar-refractivity contribution in [1.82, 2.24) is 9.88 Å². The largest absolute Gasteiger partial charge is 0.401 e. The third kappa shape index (κ3) is 4.10. The first-order valence-electron chi connectivity index (χ1n) is 8.25. The molecule has 1 amide bonds. The molecule has 4 nitrogen and oxygen atoms in total. The van der Waals surface area contributed by atoms with Crippen LogP contribution in [0.2, 0.25) is 0 Å². The number of aromatic nitrogens is 1. The summed E-state index contributed by atoms with van der Waals surface area (Å²) < 4.78 is 37.9. The van der Waals surface area contributed by atoms with Gasteiger partial charge in [-0.25, -0.2) is 0 Å². The van der Waals surface area contributed by atoms with Crippen LogP contribution >= 0.6 is 0 Å². The predicted molar refractivity (Wildman–Crippen MR) is 90.4 cm³/mol. The van der Waals surface area contributed by atoms with Crippen LogP contribution < -0.4 is 4.90 Å². The van der Waals surface area contributed by atoms with Gasteiger partial charge in [-0.15, -0.1) is 0 Å². The van der Waals surface area contributed by atoms with Crippen LogP contribution in [0.25, 0.3) is 10.9 Å².